The van der Waals surface area contributed by atoms with E-state index in [0.29, 0.717) is 30.3 Å². The molecule has 2 aliphatic heterocycles. The maximum absolute atomic E-state index is 6.19. The topological polar surface area (TPSA) is 27.7 Å². The van der Waals surface area contributed by atoms with Gasteiger partial charge < -0.3 is 10.1 Å². The van der Waals surface area contributed by atoms with Crippen LogP contribution < -0.4 is 5.32 Å². The summed E-state index contributed by atoms with van der Waals surface area (Å²) in [7, 11) is 2.24. The van der Waals surface area contributed by atoms with E-state index in [1.54, 1.807) is 0 Å². The quantitative estimate of drug-likeness (QED) is 0.829. The number of hydrogen-bond acceptors (Lipinski definition) is 4. The SMILES string of the molecule is CC(C)NCC1CCC(CN2CC(C)N(C)C(C)C2)O1. The van der Waals surface area contributed by atoms with Crippen LogP contribution in [0, 0.1) is 0 Å². The summed E-state index contributed by atoms with van der Waals surface area (Å²) in [5.74, 6) is 0. The lowest BCUT2D eigenvalue weighted by atomic mass is 10.1. The van der Waals surface area contributed by atoms with Gasteiger partial charge in [0.05, 0.1) is 12.2 Å². The summed E-state index contributed by atoms with van der Waals surface area (Å²) >= 11 is 0. The first-order chi connectivity index (χ1) is 9.45. The molecule has 0 spiro atoms. The van der Waals surface area contributed by atoms with Crippen molar-refractivity contribution in [3.63, 3.8) is 0 Å². The van der Waals surface area contributed by atoms with Crippen LogP contribution in [0.25, 0.3) is 0 Å². The Labute approximate surface area is 124 Å². The zero-order valence-electron chi connectivity index (χ0n) is 13.9. The summed E-state index contributed by atoms with van der Waals surface area (Å²) in [4.78, 5) is 5.08. The van der Waals surface area contributed by atoms with Crippen molar-refractivity contribution in [3.8, 4) is 0 Å². The van der Waals surface area contributed by atoms with Gasteiger partial charge in [0, 0.05) is 44.3 Å². The van der Waals surface area contributed by atoms with Crippen LogP contribution in [0.15, 0.2) is 0 Å². The minimum Gasteiger partial charge on any atom is -0.372 e. The molecule has 4 atom stereocenters. The maximum Gasteiger partial charge on any atom is 0.0707 e. The highest BCUT2D eigenvalue weighted by Crippen LogP contribution is 2.22. The van der Waals surface area contributed by atoms with Crippen molar-refractivity contribution in [1.82, 2.24) is 15.1 Å². The molecule has 2 rings (SSSR count). The summed E-state index contributed by atoms with van der Waals surface area (Å²) in [5, 5.41) is 3.49. The third-order valence-electron chi connectivity index (χ3n) is 4.85. The van der Waals surface area contributed by atoms with Crippen molar-refractivity contribution in [2.45, 2.75) is 70.9 Å². The first kappa shape index (κ1) is 16.2. The van der Waals surface area contributed by atoms with Crippen molar-refractivity contribution in [3.05, 3.63) is 0 Å². The Kier molecular flexibility index (Phi) is 5.84. The molecule has 0 aliphatic carbocycles. The van der Waals surface area contributed by atoms with E-state index in [9.17, 15) is 0 Å². The molecule has 20 heavy (non-hydrogen) atoms. The van der Waals surface area contributed by atoms with E-state index < -0.39 is 0 Å². The van der Waals surface area contributed by atoms with Crippen LogP contribution >= 0.6 is 0 Å². The first-order valence-electron chi connectivity index (χ1n) is 8.28. The van der Waals surface area contributed by atoms with E-state index in [-0.39, 0.29) is 0 Å². The van der Waals surface area contributed by atoms with E-state index >= 15 is 0 Å². The number of piperazine rings is 1. The predicted molar refractivity (Wildman–Crippen MR) is 84.2 cm³/mol. The monoisotopic (exact) mass is 283 g/mol. The van der Waals surface area contributed by atoms with Crippen molar-refractivity contribution >= 4 is 0 Å². The molecule has 2 saturated heterocycles. The third kappa shape index (κ3) is 4.42. The van der Waals surface area contributed by atoms with Crippen molar-refractivity contribution in [2.75, 3.05) is 33.2 Å². The lowest BCUT2D eigenvalue weighted by Crippen LogP contribution is -2.56. The van der Waals surface area contributed by atoms with Gasteiger partial charge in [-0.1, -0.05) is 13.8 Å². The van der Waals surface area contributed by atoms with Crippen LogP contribution in [0.5, 0.6) is 0 Å². The molecule has 2 aliphatic rings. The molecule has 0 amide bonds. The molecule has 2 heterocycles. The molecule has 0 aromatic rings. The molecule has 1 N–H and O–H groups in total. The molecular weight excluding hydrogens is 250 g/mol. The fourth-order valence-electron chi connectivity index (χ4n) is 3.38. The second-order valence-electron chi connectivity index (χ2n) is 7.10. The zero-order valence-corrected chi connectivity index (χ0v) is 13.9. The number of nitrogens with zero attached hydrogens (tertiary/aromatic N) is 2. The van der Waals surface area contributed by atoms with Gasteiger partial charge in [-0.2, -0.15) is 0 Å². The van der Waals surface area contributed by atoms with Crippen LogP contribution in [0.1, 0.15) is 40.5 Å². The Bertz CT molecular complexity index is 285. The minimum atomic E-state index is 0.421. The Morgan fingerprint density at radius 2 is 1.70 bits per heavy atom. The van der Waals surface area contributed by atoms with Gasteiger partial charge in [-0.05, 0) is 33.7 Å². The second kappa shape index (κ2) is 7.21. The van der Waals surface area contributed by atoms with Crippen LogP contribution in [0.2, 0.25) is 0 Å². The van der Waals surface area contributed by atoms with Gasteiger partial charge in [-0.25, -0.2) is 0 Å². The average molecular weight is 283 g/mol. The van der Waals surface area contributed by atoms with Gasteiger partial charge in [0.1, 0.15) is 0 Å². The maximum atomic E-state index is 6.19. The predicted octanol–water partition coefficient (Wildman–Crippen LogP) is 1.56. The van der Waals surface area contributed by atoms with E-state index in [2.05, 4.69) is 49.9 Å². The molecule has 0 radical (unpaired) electrons. The van der Waals surface area contributed by atoms with Gasteiger partial charge in [-0.15, -0.1) is 0 Å². The summed E-state index contributed by atoms with van der Waals surface area (Å²) in [6.07, 6.45) is 3.30. The minimum absolute atomic E-state index is 0.421. The molecule has 0 bridgehead atoms. The largest absolute Gasteiger partial charge is 0.372 e. The lowest BCUT2D eigenvalue weighted by Gasteiger charge is -2.43. The fraction of sp³-hybridized carbons (Fsp3) is 1.00. The summed E-state index contributed by atoms with van der Waals surface area (Å²) in [5.41, 5.74) is 0. The van der Waals surface area contributed by atoms with E-state index in [0.717, 1.165) is 13.1 Å². The van der Waals surface area contributed by atoms with Gasteiger partial charge in [0.15, 0.2) is 0 Å². The van der Waals surface area contributed by atoms with E-state index in [1.165, 1.54) is 25.9 Å². The average Bonchev–Trinajstić information content (AvgIpc) is 2.81. The highest BCUT2D eigenvalue weighted by atomic mass is 16.5. The number of ether oxygens (including phenoxy) is 1. The van der Waals surface area contributed by atoms with Crippen LogP contribution in [-0.4, -0.2) is 73.4 Å². The van der Waals surface area contributed by atoms with Gasteiger partial charge in [-0.3, -0.25) is 9.80 Å². The summed E-state index contributed by atoms with van der Waals surface area (Å²) in [6.45, 7) is 13.5. The first-order valence-corrected chi connectivity index (χ1v) is 8.28. The molecular formula is C16H33N3O. The molecule has 0 aromatic carbocycles. The molecule has 2 fully saturated rings. The van der Waals surface area contributed by atoms with Crippen molar-refractivity contribution < 1.29 is 4.74 Å². The Balaban J connectivity index is 1.72. The van der Waals surface area contributed by atoms with Gasteiger partial charge >= 0.3 is 0 Å². The van der Waals surface area contributed by atoms with Crippen LogP contribution in [0.4, 0.5) is 0 Å². The third-order valence-corrected chi connectivity index (χ3v) is 4.85. The number of likely N-dealkylation sites (N-methyl/N-ethyl adjacent to an activating group) is 1. The molecule has 4 unspecified atom stereocenters. The highest BCUT2D eigenvalue weighted by molar-refractivity contribution is 4.86. The summed E-state index contributed by atoms with van der Waals surface area (Å²) in [6, 6.07) is 1.86. The highest BCUT2D eigenvalue weighted by Gasteiger charge is 2.31. The fourth-order valence-corrected chi connectivity index (χ4v) is 3.38. The van der Waals surface area contributed by atoms with Crippen molar-refractivity contribution in [2.24, 2.45) is 0 Å². The smallest absolute Gasteiger partial charge is 0.0707 e. The lowest BCUT2D eigenvalue weighted by molar-refractivity contribution is -0.00519. The normalized spacial score (nSPS) is 36.9. The van der Waals surface area contributed by atoms with E-state index in [1.807, 2.05) is 0 Å². The Morgan fingerprint density at radius 3 is 2.30 bits per heavy atom. The molecule has 0 saturated carbocycles. The number of nitrogens with one attached hydrogen (secondary N) is 1. The standard InChI is InChI=1S/C16H33N3O/c1-12(2)17-8-15-6-7-16(20-15)11-19-9-13(3)18(5)14(4)10-19/h12-17H,6-11H2,1-5H3. The van der Waals surface area contributed by atoms with Gasteiger partial charge in [0.2, 0.25) is 0 Å². The second-order valence-corrected chi connectivity index (χ2v) is 7.10. The van der Waals surface area contributed by atoms with E-state index in [4.69, 9.17) is 4.74 Å². The zero-order chi connectivity index (χ0) is 14.7. The van der Waals surface area contributed by atoms with Crippen LogP contribution in [0.3, 0.4) is 0 Å². The molecule has 0 aromatic heterocycles. The molecule has 4 heteroatoms. The van der Waals surface area contributed by atoms with Crippen molar-refractivity contribution in [1.29, 1.82) is 0 Å². The van der Waals surface area contributed by atoms with Crippen LogP contribution in [-0.2, 0) is 4.74 Å². The molecule has 4 nitrogen and oxygen atoms in total. The molecule has 118 valence electrons. The Hall–Kier alpha value is -0.160. The Morgan fingerprint density at radius 1 is 1.10 bits per heavy atom. The summed E-state index contributed by atoms with van der Waals surface area (Å²) < 4.78 is 6.19. The van der Waals surface area contributed by atoms with Gasteiger partial charge in [0.25, 0.3) is 0 Å². The number of hydrogen-bond donors (Lipinski definition) is 1. The number of rotatable bonds is 5.